The topological polar surface area (TPSA) is 82.6 Å². The number of furan rings is 1. The number of benzene rings is 1. The lowest BCUT2D eigenvalue weighted by atomic mass is 10.2. The number of amides is 1. The zero-order valence-corrected chi connectivity index (χ0v) is 17.0. The Hall–Kier alpha value is -2.94. The van der Waals surface area contributed by atoms with Crippen LogP contribution >= 0.6 is 11.8 Å². The van der Waals surface area contributed by atoms with E-state index in [0.717, 1.165) is 5.56 Å². The number of carbonyl (C=O) groups excluding carboxylic acids is 1. The average Bonchev–Trinajstić information content (AvgIpc) is 3.35. The first-order valence-corrected chi connectivity index (χ1v) is 9.53. The molecular weight excluding hydrogens is 380 g/mol. The van der Waals surface area contributed by atoms with Crippen LogP contribution in [0.3, 0.4) is 0 Å². The van der Waals surface area contributed by atoms with Gasteiger partial charge in [0.25, 0.3) is 0 Å². The lowest BCUT2D eigenvalue weighted by molar-refractivity contribution is -0.127. The fourth-order valence-electron chi connectivity index (χ4n) is 2.64. The molecule has 1 amide bonds. The molecule has 1 aromatic carbocycles. The third kappa shape index (κ3) is 4.30. The van der Waals surface area contributed by atoms with Gasteiger partial charge in [0.1, 0.15) is 0 Å². The van der Waals surface area contributed by atoms with Gasteiger partial charge in [-0.05, 0) is 29.8 Å². The van der Waals surface area contributed by atoms with Crippen molar-refractivity contribution < 1.29 is 18.7 Å². The highest BCUT2D eigenvalue weighted by Gasteiger charge is 2.16. The number of nitrogens with zero attached hydrogens (tertiary/aromatic N) is 4. The molecule has 0 atom stereocenters. The first-order valence-electron chi connectivity index (χ1n) is 8.54. The molecule has 0 spiro atoms. The Bertz CT molecular complexity index is 940. The number of hydrogen-bond acceptors (Lipinski definition) is 7. The average molecular weight is 402 g/mol. The van der Waals surface area contributed by atoms with Crippen LogP contribution in [-0.2, 0) is 18.4 Å². The number of ether oxygens (including phenoxy) is 2. The number of methoxy groups -OCH3 is 2. The van der Waals surface area contributed by atoms with Crippen molar-refractivity contribution in [2.24, 2.45) is 7.05 Å². The van der Waals surface area contributed by atoms with E-state index in [9.17, 15) is 4.79 Å². The molecule has 2 heterocycles. The van der Waals surface area contributed by atoms with Crippen molar-refractivity contribution in [2.45, 2.75) is 11.7 Å². The van der Waals surface area contributed by atoms with Crippen LogP contribution < -0.4 is 9.47 Å². The van der Waals surface area contributed by atoms with E-state index in [1.54, 1.807) is 38.5 Å². The molecule has 3 aromatic rings. The van der Waals surface area contributed by atoms with Gasteiger partial charge >= 0.3 is 0 Å². The zero-order chi connectivity index (χ0) is 20.1. The highest BCUT2D eigenvalue weighted by molar-refractivity contribution is 7.99. The second kappa shape index (κ2) is 8.83. The van der Waals surface area contributed by atoms with E-state index in [4.69, 9.17) is 13.9 Å². The van der Waals surface area contributed by atoms with Crippen molar-refractivity contribution in [1.82, 2.24) is 19.7 Å². The number of aromatic nitrogens is 3. The van der Waals surface area contributed by atoms with Crippen molar-refractivity contribution in [3.8, 4) is 23.1 Å². The SMILES string of the molecule is COc1ccc(CN(C)C(=O)CSc2nnc(-c3ccco3)n2C)cc1OC. The van der Waals surface area contributed by atoms with E-state index >= 15 is 0 Å². The molecule has 0 saturated carbocycles. The first kappa shape index (κ1) is 19.8. The molecule has 0 fully saturated rings. The molecule has 0 radical (unpaired) electrons. The predicted octanol–water partition coefficient (Wildman–Crippen LogP) is 2.84. The van der Waals surface area contributed by atoms with Crippen LogP contribution in [0.5, 0.6) is 11.5 Å². The van der Waals surface area contributed by atoms with Crippen molar-refractivity contribution in [3.05, 3.63) is 42.2 Å². The van der Waals surface area contributed by atoms with Gasteiger partial charge in [-0.2, -0.15) is 0 Å². The maximum atomic E-state index is 12.5. The summed E-state index contributed by atoms with van der Waals surface area (Å²) in [6.07, 6.45) is 1.59. The fourth-order valence-corrected chi connectivity index (χ4v) is 3.49. The summed E-state index contributed by atoms with van der Waals surface area (Å²) in [5.41, 5.74) is 0.956. The number of thioether (sulfide) groups is 1. The second-order valence-electron chi connectivity index (χ2n) is 6.07. The molecular formula is C19H22N4O4S. The molecule has 0 saturated heterocycles. The summed E-state index contributed by atoms with van der Waals surface area (Å²) in [5, 5.41) is 8.93. The van der Waals surface area contributed by atoms with Gasteiger partial charge in [0.2, 0.25) is 5.91 Å². The lowest BCUT2D eigenvalue weighted by Crippen LogP contribution is -2.27. The quantitative estimate of drug-likeness (QED) is 0.536. The Morgan fingerprint density at radius 3 is 2.68 bits per heavy atom. The zero-order valence-electron chi connectivity index (χ0n) is 16.2. The minimum absolute atomic E-state index is 0.0117. The third-order valence-electron chi connectivity index (χ3n) is 4.19. The summed E-state index contributed by atoms with van der Waals surface area (Å²) in [6.45, 7) is 0.468. The molecule has 8 nitrogen and oxygen atoms in total. The molecule has 0 aliphatic heterocycles. The normalized spacial score (nSPS) is 10.7. The Balaban J connectivity index is 1.59. The summed E-state index contributed by atoms with van der Waals surface area (Å²) in [5.74, 6) is 2.80. The Kier molecular flexibility index (Phi) is 6.25. The minimum Gasteiger partial charge on any atom is -0.493 e. The van der Waals surface area contributed by atoms with E-state index in [2.05, 4.69) is 10.2 Å². The summed E-state index contributed by atoms with van der Waals surface area (Å²) in [6, 6.07) is 9.23. The van der Waals surface area contributed by atoms with Gasteiger partial charge in [0.05, 0.1) is 26.2 Å². The van der Waals surface area contributed by atoms with Gasteiger partial charge in [-0.3, -0.25) is 4.79 Å². The molecule has 0 aliphatic rings. The molecule has 0 unspecified atom stereocenters. The molecule has 0 N–H and O–H groups in total. The summed E-state index contributed by atoms with van der Waals surface area (Å²) < 4.78 is 17.7. The number of hydrogen-bond donors (Lipinski definition) is 0. The van der Waals surface area contributed by atoms with E-state index < -0.39 is 0 Å². The third-order valence-corrected chi connectivity index (χ3v) is 5.20. The fraction of sp³-hybridized carbons (Fsp3) is 0.316. The maximum Gasteiger partial charge on any atom is 0.233 e. The summed E-state index contributed by atoms with van der Waals surface area (Å²) >= 11 is 1.34. The van der Waals surface area contributed by atoms with Gasteiger partial charge in [0, 0.05) is 20.6 Å². The molecule has 28 heavy (non-hydrogen) atoms. The maximum absolute atomic E-state index is 12.5. The van der Waals surface area contributed by atoms with E-state index in [0.29, 0.717) is 34.8 Å². The highest BCUT2D eigenvalue weighted by atomic mass is 32.2. The van der Waals surface area contributed by atoms with Crippen LogP contribution in [0.2, 0.25) is 0 Å². The van der Waals surface area contributed by atoms with Gasteiger partial charge < -0.3 is 23.4 Å². The smallest absolute Gasteiger partial charge is 0.233 e. The lowest BCUT2D eigenvalue weighted by Gasteiger charge is -2.18. The molecule has 2 aromatic heterocycles. The highest BCUT2D eigenvalue weighted by Crippen LogP contribution is 2.28. The molecule has 148 valence electrons. The Labute approximate surface area is 167 Å². The Morgan fingerprint density at radius 2 is 2.00 bits per heavy atom. The first-order chi connectivity index (χ1) is 13.5. The van der Waals surface area contributed by atoms with Crippen LogP contribution in [0, 0.1) is 0 Å². The van der Waals surface area contributed by atoms with Crippen LogP contribution in [0.15, 0.2) is 46.2 Å². The summed E-state index contributed by atoms with van der Waals surface area (Å²) in [7, 11) is 6.79. The molecule has 0 bridgehead atoms. The van der Waals surface area contributed by atoms with Gasteiger partial charge in [-0.15, -0.1) is 10.2 Å². The molecule has 3 rings (SSSR count). The standard InChI is InChI=1S/C19H22N4O4S/c1-22(11-13-7-8-14(25-3)16(10-13)26-4)17(24)12-28-19-21-20-18(23(19)2)15-6-5-9-27-15/h5-10H,11-12H2,1-4H3. The van der Waals surface area contributed by atoms with E-state index in [1.807, 2.05) is 35.9 Å². The van der Waals surface area contributed by atoms with Crippen molar-refractivity contribution in [3.63, 3.8) is 0 Å². The summed E-state index contributed by atoms with van der Waals surface area (Å²) in [4.78, 5) is 14.2. The van der Waals surface area contributed by atoms with Gasteiger partial charge in [-0.1, -0.05) is 17.8 Å². The van der Waals surface area contributed by atoms with Crippen LogP contribution in [-0.4, -0.2) is 52.6 Å². The van der Waals surface area contributed by atoms with Crippen LogP contribution in [0.25, 0.3) is 11.6 Å². The Morgan fingerprint density at radius 1 is 1.21 bits per heavy atom. The minimum atomic E-state index is -0.0117. The monoisotopic (exact) mass is 402 g/mol. The predicted molar refractivity (Wildman–Crippen MR) is 105 cm³/mol. The van der Waals surface area contributed by atoms with Crippen molar-refractivity contribution >= 4 is 17.7 Å². The number of carbonyl (C=O) groups is 1. The molecule has 0 aliphatic carbocycles. The number of rotatable bonds is 8. The second-order valence-corrected chi connectivity index (χ2v) is 7.01. The van der Waals surface area contributed by atoms with Gasteiger partial charge in [-0.25, -0.2) is 0 Å². The largest absolute Gasteiger partial charge is 0.493 e. The van der Waals surface area contributed by atoms with E-state index in [-0.39, 0.29) is 11.7 Å². The van der Waals surface area contributed by atoms with Gasteiger partial charge in [0.15, 0.2) is 28.2 Å². The van der Waals surface area contributed by atoms with Crippen LogP contribution in [0.4, 0.5) is 0 Å². The van der Waals surface area contributed by atoms with Crippen molar-refractivity contribution in [2.75, 3.05) is 27.0 Å². The van der Waals surface area contributed by atoms with Crippen molar-refractivity contribution in [1.29, 1.82) is 0 Å². The van der Waals surface area contributed by atoms with E-state index in [1.165, 1.54) is 11.8 Å². The molecule has 9 heteroatoms. The van der Waals surface area contributed by atoms with Crippen LogP contribution in [0.1, 0.15) is 5.56 Å².